The van der Waals surface area contributed by atoms with Crippen LogP contribution in [0.15, 0.2) is 84.9 Å². The molecule has 0 unspecified atom stereocenters. The van der Waals surface area contributed by atoms with Crippen molar-refractivity contribution in [3.63, 3.8) is 0 Å². The van der Waals surface area contributed by atoms with Crippen molar-refractivity contribution in [1.82, 2.24) is 0 Å². The van der Waals surface area contributed by atoms with E-state index >= 15 is 0 Å². The Labute approximate surface area is 147 Å². The van der Waals surface area contributed by atoms with Gasteiger partial charge in [0.05, 0.1) is 0 Å². The van der Waals surface area contributed by atoms with Crippen LogP contribution in [0.3, 0.4) is 0 Å². The quantitative estimate of drug-likeness (QED) is 0.192. The minimum absolute atomic E-state index is 0.0950. The molecule has 4 rings (SSSR count). The number of halogens is 2. The van der Waals surface area contributed by atoms with Gasteiger partial charge >= 0.3 is 41.0 Å². The van der Waals surface area contributed by atoms with Crippen molar-refractivity contribution < 1.29 is 14.5 Å². The van der Waals surface area contributed by atoms with Gasteiger partial charge in [0.1, 0.15) is 0 Å². The Hall–Kier alpha value is -0.692. The second kappa shape index (κ2) is 9.35. The van der Waals surface area contributed by atoms with E-state index in [9.17, 15) is 0 Å². The van der Waals surface area contributed by atoms with Crippen molar-refractivity contribution in [3.8, 4) is 22.3 Å². The fourth-order valence-corrected chi connectivity index (χ4v) is 2.14. The average molecular weight is 486 g/mol. The van der Waals surface area contributed by atoms with Crippen LogP contribution in [0.1, 0.15) is 0 Å². The standard InChI is InChI=1S/2C9H7.2BrH.Mo/c2*1-2-5-9-7-3-6-8(9)4-1;;;/h2*1-7H;2*1H;/q2*-1;;;+2/p-2. The molecule has 0 amide bonds. The minimum Gasteiger partial charge on any atom is -0.172 e. The first kappa shape index (κ1) is 16.7. The zero-order valence-electron chi connectivity index (χ0n) is 11.2. The predicted octanol–water partition coefficient (Wildman–Crippen LogP) is 6.71. The van der Waals surface area contributed by atoms with Gasteiger partial charge in [-0.05, 0) is 0 Å². The van der Waals surface area contributed by atoms with Crippen molar-refractivity contribution in [2.75, 3.05) is 0 Å². The molecule has 0 atom stereocenters. The smallest absolute Gasteiger partial charge is 0.0753 e. The molecular formula is C18H14Br2Mo-2. The number of rotatable bonds is 0. The van der Waals surface area contributed by atoms with Gasteiger partial charge in [-0.2, -0.15) is 48.5 Å². The third kappa shape index (κ3) is 5.21. The molecule has 0 radical (unpaired) electrons. The summed E-state index contributed by atoms with van der Waals surface area (Å²) in [5.74, 6) is 0. The molecule has 3 heteroatoms. The fourth-order valence-electron chi connectivity index (χ4n) is 2.14. The van der Waals surface area contributed by atoms with Gasteiger partial charge in [-0.15, -0.1) is 34.4 Å². The van der Waals surface area contributed by atoms with E-state index in [2.05, 4.69) is 112 Å². The third-order valence-electron chi connectivity index (χ3n) is 3.10. The monoisotopic (exact) mass is 486 g/mol. The second-order valence-corrected chi connectivity index (χ2v) is 13.6. The van der Waals surface area contributed by atoms with Crippen LogP contribution < -0.4 is 0 Å². The van der Waals surface area contributed by atoms with Gasteiger partial charge in [0.15, 0.2) is 0 Å². The number of benzene rings is 2. The molecular weight excluding hydrogens is 472 g/mol. The predicted molar refractivity (Wildman–Crippen MR) is 95.2 cm³/mol. The van der Waals surface area contributed by atoms with E-state index in [1.54, 1.807) is 0 Å². The molecule has 4 aliphatic rings. The summed E-state index contributed by atoms with van der Waals surface area (Å²) >= 11 is 6.48. The van der Waals surface area contributed by atoms with Crippen LogP contribution in [-0.2, 0) is 14.5 Å². The summed E-state index contributed by atoms with van der Waals surface area (Å²) in [4.78, 5) is 0. The van der Waals surface area contributed by atoms with E-state index < -0.39 is 0 Å². The summed E-state index contributed by atoms with van der Waals surface area (Å²) in [6.07, 6.45) is 0. The Bertz CT molecular complexity index is 570. The van der Waals surface area contributed by atoms with Crippen LogP contribution in [0.25, 0.3) is 22.3 Å². The Balaban J connectivity index is 0.000000130. The van der Waals surface area contributed by atoms with E-state index in [4.69, 9.17) is 0 Å². The van der Waals surface area contributed by atoms with Crippen molar-refractivity contribution in [2.45, 2.75) is 0 Å². The fraction of sp³-hybridized carbons (Fsp3) is 0. The molecule has 108 valence electrons. The van der Waals surface area contributed by atoms with Crippen LogP contribution in [0.4, 0.5) is 0 Å². The zero-order chi connectivity index (χ0) is 14.9. The molecule has 0 spiro atoms. The van der Waals surface area contributed by atoms with Crippen LogP contribution in [0, 0.1) is 0 Å². The molecule has 0 saturated carbocycles. The maximum Gasteiger partial charge on any atom is -0.0753 e. The molecule has 21 heavy (non-hydrogen) atoms. The van der Waals surface area contributed by atoms with E-state index in [0.717, 1.165) is 0 Å². The second-order valence-electron chi connectivity index (χ2n) is 4.37. The van der Waals surface area contributed by atoms with Gasteiger partial charge in [0, 0.05) is 0 Å². The van der Waals surface area contributed by atoms with E-state index in [-0.39, 0.29) is 14.5 Å². The number of hydrogen-bond donors (Lipinski definition) is 0. The van der Waals surface area contributed by atoms with E-state index in [1.165, 1.54) is 22.3 Å². The summed E-state index contributed by atoms with van der Waals surface area (Å²) in [6.45, 7) is 0. The zero-order valence-corrected chi connectivity index (χ0v) is 16.4. The summed E-state index contributed by atoms with van der Waals surface area (Å²) in [7, 11) is 0. The maximum atomic E-state index is 3.19. The SMILES string of the molecule is [Br][Mo][Br].c1cc2cc[cH-]cc-2c1.c1cc2cc[cH-]cc-2c1. The Morgan fingerprint density at radius 3 is 1.38 bits per heavy atom. The Morgan fingerprint density at radius 1 is 0.619 bits per heavy atom. The first-order chi connectivity index (χ1) is 10.3. The van der Waals surface area contributed by atoms with Gasteiger partial charge in [-0.1, -0.05) is 24.3 Å². The minimum atomic E-state index is 0.0950. The Kier molecular flexibility index (Phi) is 7.43. The summed E-state index contributed by atoms with van der Waals surface area (Å²) in [6, 6.07) is 29.3. The van der Waals surface area contributed by atoms with E-state index in [0.29, 0.717) is 0 Å². The van der Waals surface area contributed by atoms with Crippen molar-refractivity contribution in [1.29, 1.82) is 0 Å². The summed E-state index contributed by atoms with van der Waals surface area (Å²) < 4.78 is 0. The van der Waals surface area contributed by atoms with Gasteiger partial charge in [0.2, 0.25) is 0 Å². The molecule has 0 fully saturated rings. The molecule has 0 aromatic rings. The number of hydrogen-bond acceptors (Lipinski definition) is 0. The normalized spacial score (nSPS) is 9.62. The molecule has 0 nitrogen and oxygen atoms in total. The van der Waals surface area contributed by atoms with Crippen LogP contribution >= 0.6 is 26.6 Å². The molecule has 0 heterocycles. The molecule has 0 aromatic heterocycles. The largest absolute Gasteiger partial charge is 0.172 e. The van der Waals surface area contributed by atoms with Crippen molar-refractivity contribution in [2.24, 2.45) is 0 Å². The van der Waals surface area contributed by atoms with Gasteiger partial charge < -0.3 is 0 Å². The van der Waals surface area contributed by atoms with Crippen LogP contribution in [-0.4, -0.2) is 0 Å². The molecule has 0 aromatic carbocycles. The molecule has 0 N–H and O–H groups in total. The average Bonchev–Trinajstić information content (AvgIpc) is 3.17. The molecule has 0 aliphatic heterocycles. The van der Waals surface area contributed by atoms with Gasteiger partial charge in [0.25, 0.3) is 0 Å². The third-order valence-corrected chi connectivity index (χ3v) is 3.10. The van der Waals surface area contributed by atoms with E-state index in [1.807, 2.05) is 0 Å². The summed E-state index contributed by atoms with van der Waals surface area (Å²) in [5.41, 5.74) is 5.32. The van der Waals surface area contributed by atoms with Crippen molar-refractivity contribution in [3.05, 3.63) is 84.9 Å². The maximum absolute atomic E-state index is 3.19. The number of fused-ring (bicyclic) bond motifs is 2. The van der Waals surface area contributed by atoms with Gasteiger partial charge in [-0.3, -0.25) is 0 Å². The van der Waals surface area contributed by atoms with Crippen molar-refractivity contribution >= 4 is 26.6 Å². The Morgan fingerprint density at radius 2 is 1.00 bits per heavy atom. The molecule has 0 saturated heterocycles. The topological polar surface area (TPSA) is 0 Å². The first-order valence-electron chi connectivity index (χ1n) is 6.45. The van der Waals surface area contributed by atoms with Crippen LogP contribution in [0.2, 0.25) is 0 Å². The molecule has 0 bridgehead atoms. The summed E-state index contributed by atoms with van der Waals surface area (Å²) in [5, 5.41) is 0. The van der Waals surface area contributed by atoms with Gasteiger partial charge in [-0.25, -0.2) is 0 Å². The van der Waals surface area contributed by atoms with Crippen LogP contribution in [0.5, 0.6) is 0 Å². The first-order valence-corrected chi connectivity index (χ1v) is 15.6. The molecule has 4 aliphatic carbocycles.